The Balaban J connectivity index is 2.11. The first-order valence-electron chi connectivity index (χ1n) is 7.82. The minimum atomic E-state index is -0.884. The summed E-state index contributed by atoms with van der Waals surface area (Å²) in [5, 5.41) is 0.615. The molecule has 1 aliphatic rings. The van der Waals surface area contributed by atoms with Crippen molar-refractivity contribution in [2.45, 2.75) is 45.8 Å². The SMILES string of the molecule is CC(=O)Oc1c2c(cc3ccc(=O)oc13)C[C@@H](C(C)(C)OC(C)=O)O2. The van der Waals surface area contributed by atoms with Crippen LogP contribution in [0.5, 0.6) is 11.5 Å². The van der Waals surface area contributed by atoms with Crippen molar-refractivity contribution in [2.24, 2.45) is 0 Å². The topological polar surface area (TPSA) is 92.0 Å². The molecule has 1 aromatic carbocycles. The van der Waals surface area contributed by atoms with E-state index >= 15 is 0 Å². The molecule has 7 nitrogen and oxygen atoms in total. The molecular weight excluding hydrogens is 328 g/mol. The zero-order valence-corrected chi connectivity index (χ0v) is 14.4. The normalized spacial score (nSPS) is 16.2. The molecule has 132 valence electrons. The van der Waals surface area contributed by atoms with Crippen LogP contribution in [0.2, 0.25) is 0 Å². The quantitative estimate of drug-likeness (QED) is 0.478. The monoisotopic (exact) mass is 346 g/mol. The van der Waals surface area contributed by atoms with Gasteiger partial charge in [-0.15, -0.1) is 0 Å². The highest BCUT2D eigenvalue weighted by atomic mass is 16.6. The summed E-state index contributed by atoms with van der Waals surface area (Å²) in [5.41, 5.74) is -0.517. The van der Waals surface area contributed by atoms with E-state index < -0.39 is 29.3 Å². The van der Waals surface area contributed by atoms with Gasteiger partial charge in [-0.05, 0) is 26.0 Å². The molecule has 3 rings (SSSR count). The van der Waals surface area contributed by atoms with Crippen molar-refractivity contribution in [1.29, 1.82) is 0 Å². The van der Waals surface area contributed by atoms with Gasteiger partial charge in [0.15, 0.2) is 11.3 Å². The fourth-order valence-corrected chi connectivity index (χ4v) is 2.95. The van der Waals surface area contributed by atoms with Crippen molar-refractivity contribution in [1.82, 2.24) is 0 Å². The van der Waals surface area contributed by atoms with Gasteiger partial charge in [-0.25, -0.2) is 4.79 Å². The van der Waals surface area contributed by atoms with E-state index in [1.165, 1.54) is 19.9 Å². The Kier molecular flexibility index (Phi) is 4.02. The van der Waals surface area contributed by atoms with Gasteiger partial charge >= 0.3 is 17.6 Å². The maximum Gasteiger partial charge on any atom is 0.336 e. The average molecular weight is 346 g/mol. The van der Waals surface area contributed by atoms with Crippen LogP contribution in [0.3, 0.4) is 0 Å². The van der Waals surface area contributed by atoms with Gasteiger partial charge in [0.25, 0.3) is 0 Å². The molecule has 0 unspecified atom stereocenters. The molecule has 1 aliphatic heterocycles. The largest absolute Gasteiger partial charge is 0.482 e. The van der Waals surface area contributed by atoms with E-state index in [0.717, 1.165) is 5.56 Å². The predicted molar refractivity (Wildman–Crippen MR) is 87.8 cm³/mol. The van der Waals surface area contributed by atoms with Crippen LogP contribution in [0, 0.1) is 0 Å². The van der Waals surface area contributed by atoms with Gasteiger partial charge in [0.2, 0.25) is 5.75 Å². The van der Waals surface area contributed by atoms with Crippen molar-refractivity contribution in [3.8, 4) is 11.5 Å². The molecule has 0 amide bonds. The van der Waals surface area contributed by atoms with Crippen LogP contribution in [0.1, 0.15) is 33.3 Å². The number of carbonyl (C=O) groups is 2. The van der Waals surface area contributed by atoms with Crippen LogP contribution in [-0.2, 0) is 20.7 Å². The molecule has 0 aliphatic carbocycles. The highest BCUT2D eigenvalue weighted by molar-refractivity contribution is 5.89. The summed E-state index contributed by atoms with van der Waals surface area (Å²) in [6.45, 7) is 6.07. The molecule has 7 heteroatoms. The standard InChI is InChI=1S/C18H18O7/c1-9(19)22-17-15-11(5-6-14(21)24-15)7-12-8-13(23-16(12)17)18(3,4)25-10(2)20/h5-7,13H,8H2,1-4H3/t13-/m0/s1. The smallest absolute Gasteiger partial charge is 0.336 e. The Hall–Kier alpha value is -2.83. The summed E-state index contributed by atoms with van der Waals surface area (Å²) in [6, 6.07) is 4.70. The molecule has 0 saturated heterocycles. The van der Waals surface area contributed by atoms with Crippen molar-refractivity contribution in [3.63, 3.8) is 0 Å². The minimum Gasteiger partial charge on any atom is -0.482 e. The molecule has 2 aromatic rings. The van der Waals surface area contributed by atoms with Crippen molar-refractivity contribution in [2.75, 3.05) is 0 Å². The highest BCUT2D eigenvalue weighted by Gasteiger charge is 2.41. The Morgan fingerprint density at radius 3 is 2.56 bits per heavy atom. The van der Waals surface area contributed by atoms with E-state index in [9.17, 15) is 14.4 Å². The van der Waals surface area contributed by atoms with E-state index in [1.54, 1.807) is 19.9 Å². The van der Waals surface area contributed by atoms with Gasteiger partial charge in [-0.1, -0.05) is 0 Å². The van der Waals surface area contributed by atoms with E-state index in [-0.39, 0.29) is 11.3 Å². The number of hydrogen-bond donors (Lipinski definition) is 0. The number of rotatable bonds is 3. The maximum absolute atomic E-state index is 11.6. The molecule has 0 bridgehead atoms. The summed E-state index contributed by atoms with van der Waals surface area (Å²) in [4.78, 5) is 34.4. The zero-order valence-electron chi connectivity index (χ0n) is 14.4. The summed E-state index contributed by atoms with van der Waals surface area (Å²) in [5.74, 6) is -0.588. The third-order valence-corrected chi connectivity index (χ3v) is 3.99. The van der Waals surface area contributed by atoms with Gasteiger partial charge in [-0.3, -0.25) is 9.59 Å². The van der Waals surface area contributed by atoms with Gasteiger partial charge in [0.1, 0.15) is 11.7 Å². The number of carbonyl (C=O) groups excluding carboxylic acids is 2. The Morgan fingerprint density at radius 2 is 1.92 bits per heavy atom. The first-order chi connectivity index (χ1) is 11.7. The average Bonchev–Trinajstić information content (AvgIpc) is 2.90. The second-order valence-electron chi connectivity index (χ2n) is 6.47. The summed E-state index contributed by atoms with van der Waals surface area (Å²) >= 11 is 0. The number of fused-ring (bicyclic) bond motifs is 2. The van der Waals surface area contributed by atoms with Crippen LogP contribution >= 0.6 is 0 Å². The molecule has 0 spiro atoms. The van der Waals surface area contributed by atoms with Crippen molar-refractivity contribution in [3.05, 3.63) is 34.2 Å². The van der Waals surface area contributed by atoms with E-state index in [2.05, 4.69) is 0 Å². The summed E-state index contributed by atoms with van der Waals surface area (Å²) in [6.07, 6.45) is -0.0110. The fourth-order valence-electron chi connectivity index (χ4n) is 2.95. The second-order valence-corrected chi connectivity index (χ2v) is 6.47. The number of ether oxygens (including phenoxy) is 3. The number of benzene rings is 1. The summed E-state index contributed by atoms with van der Waals surface area (Å²) < 4.78 is 21.8. The number of esters is 2. The molecular formula is C18H18O7. The Morgan fingerprint density at radius 1 is 1.20 bits per heavy atom. The third kappa shape index (κ3) is 3.22. The first kappa shape index (κ1) is 17.0. The van der Waals surface area contributed by atoms with Gasteiger partial charge in [-0.2, -0.15) is 0 Å². The Bertz CT molecular complexity index is 923. The molecule has 1 aromatic heterocycles. The fraction of sp³-hybridized carbons (Fsp3) is 0.389. The lowest BCUT2D eigenvalue weighted by Gasteiger charge is -2.30. The molecule has 0 fully saturated rings. The van der Waals surface area contributed by atoms with Crippen LogP contribution in [0.15, 0.2) is 27.4 Å². The van der Waals surface area contributed by atoms with E-state index in [0.29, 0.717) is 17.6 Å². The van der Waals surface area contributed by atoms with Gasteiger partial charge in [0.05, 0.1) is 0 Å². The lowest BCUT2D eigenvalue weighted by Crippen LogP contribution is -2.43. The zero-order chi connectivity index (χ0) is 18.4. The van der Waals surface area contributed by atoms with Crippen LogP contribution < -0.4 is 15.1 Å². The Labute approximate surface area is 143 Å². The molecule has 0 radical (unpaired) electrons. The van der Waals surface area contributed by atoms with E-state index in [4.69, 9.17) is 18.6 Å². The van der Waals surface area contributed by atoms with Gasteiger partial charge < -0.3 is 18.6 Å². The molecule has 1 atom stereocenters. The first-order valence-corrected chi connectivity index (χ1v) is 7.82. The molecule has 0 saturated carbocycles. The number of hydrogen-bond acceptors (Lipinski definition) is 7. The highest BCUT2D eigenvalue weighted by Crippen LogP contribution is 2.45. The second kappa shape index (κ2) is 5.91. The third-order valence-electron chi connectivity index (χ3n) is 3.99. The van der Waals surface area contributed by atoms with Crippen molar-refractivity contribution >= 4 is 22.9 Å². The lowest BCUT2D eigenvalue weighted by atomic mass is 9.96. The van der Waals surface area contributed by atoms with E-state index in [1.807, 2.05) is 6.07 Å². The van der Waals surface area contributed by atoms with Crippen LogP contribution in [-0.4, -0.2) is 23.6 Å². The maximum atomic E-state index is 11.6. The van der Waals surface area contributed by atoms with Crippen molar-refractivity contribution < 1.29 is 28.2 Å². The minimum absolute atomic E-state index is 0.0684. The molecule has 2 heterocycles. The predicted octanol–water partition coefficient (Wildman–Crippen LogP) is 2.36. The van der Waals surface area contributed by atoms with Crippen LogP contribution in [0.4, 0.5) is 0 Å². The molecule has 0 N–H and O–H groups in total. The lowest BCUT2D eigenvalue weighted by molar-refractivity contribution is -0.161. The molecule has 25 heavy (non-hydrogen) atoms. The van der Waals surface area contributed by atoms with Gasteiger partial charge in [0, 0.05) is 37.3 Å². The van der Waals surface area contributed by atoms with Crippen LogP contribution in [0.25, 0.3) is 11.0 Å². The summed E-state index contributed by atoms with van der Waals surface area (Å²) in [7, 11) is 0.